The van der Waals surface area contributed by atoms with Crippen LogP contribution in [0, 0.1) is 11.8 Å². The van der Waals surface area contributed by atoms with Gasteiger partial charge in [-0.05, 0) is 68.8 Å². The van der Waals surface area contributed by atoms with Crippen molar-refractivity contribution in [2.24, 2.45) is 11.8 Å². The van der Waals surface area contributed by atoms with E-state index in [4.69, 9.17) is 16.8 Å². The molecule has 0 fully saturated rings. The van der Waals surface area contributed by atoms with E-state index in [0.717, 1.165) is 17.3 Å². The monoisotopic (exact) mass is 512 g/mol. The minimum absolute atomic E-state index is 0.00501. The highest BCUT2D eigenvalue weighted by Gasteiger charge is 2.35. The highest BCUT2D eigenvalue weighted by atomic mass is 16.3. The lowest BCUT2D eigenvalue weighted by molar-refractivity contribution is 0.667. The van der Waals surface area contributed by atoms with E-state index in [2.05, 4.69) is 0 Å². The van der Waals surface area contributed by atoms with E-state index in [9.17, 15) is 4.11 Å². The van der Waals surface area contributed by atoms with Crippen LogP contribution >= 0.6 is 0 Å². The number of hydrogen-bond acceptors (Lipinski definition) is 1. The zero-order valence-electron chi connectivity index (χ0n) is 32.6. The van der Waals surface area contributed by atoms with E-state index in [1.54, 1.807) is 48.5 Å². The van der Waals surface area contributed by atoms with Gasteiger partial charge in [0.1, 0.15) is 11.2 Å². The van der Waals surface area contributed by atoms with Crippen LogP contribution in [0.3, 0.4) is 0 Å². The van der Waals surface area contributed by atoms with E-state index in [0.29, 0.717) is 28.8 Å². The number of hydrogen-bond donors (Lipinski definition) is 0. The van der Waals surface area contributed by atoms with Gasteiger partial charge in [0.15, 0.2) is 0 Å². The maximum Gasteiger partial charge on any atom is 0.136 e. The Kier molecular flexibility index (Phi) is 3.34. The Bertz CT molecular complexity index is 2500. The first-order valence-electron chi connectivity index (χ1n) is 18.6. The fraction of sp³-hybridized carbons (Fsp3) is 0.0526. The van der Waals surface area contributed by atoms with Crippen molar-refractivity contribution in [3.63, 3.8) is 0 Å². The van der Waals surface area contributed by atoms with Crippen LogP contribution in [0.25, 0.3) is 44.2 Å². The lowest BCUT2D eigenvalue weighted by atomic mass is 9.66. The zero-order chi connectivity index (χ0) is 36.5. The SMILES string of the molecule is [2H]C=C([2H])C1=C(c2ccc3c(c2)oc2ccccc23)C2C([2H])=C([2H])C([2H])=C([2H])C2C(c2c([2H])c([2H])c([2H])c(-c3ccccc3)c2[2H])=C1C([2H])=C[2H]. The Morgan fingerprint density at radius 3 is 2.13 bits per heavy atom. The predicted octanol–water partition coefficient (Wildman–Crippen LogP) is 10.2. The summed E-state index contributed by atoms with van der Waals surface area (Å²) in [6.45, 7) is 1.43. The van der Waals surface area contributed by atoms with Crippen molar-refractivity contribution >= 4 is 33.1 Å². The second kappa shape index (κ2) is 9.45. The molecule has 1 nitrogen and oxygen atoms in total. The van der Waals surface area contributed by atoms with E-state index in [1.165, 1.54) is 0 Å². The van der Waals surface area contributed by atoms with Gasteiger partial charge in [0.25, 0.3) is 0 Å². The lowest BCUT2D eigenvalue weighted by Crippen LogP contribution is -2.23. The molecule has 0 N–H and O–H groups in total. The smallest absolute Gasteiger partial charge is 0.136 e. The van der Waals surface area contributed by atoms with Crippen molar-refractivity contribution in [2.45, 2.75) is 0 Å². The van der Waals surface area contributed by atoms with Crippen molar-refractivity contribution in [1.82, 2.24) is 0 Å². The average Bonchev–Trinajstić information content (AvgIpc) is 3.52. The molecule has 2 aliphatic rings. The molecule has 39 heavy (non-hydrogen) atoms. The van der Waals surface area contributed by atoms with Crippen LogP contribution in [0.4, 0.5) is 0 Å². The quantitative estimate of drug-likeness (QED) is 0.228. The van der Waals surface area contributed by atoms with Gasteiger partial charge >= 0.3 is 0 Å². The standard InChI is InChI=1S/C38H28O/c1-3-29-30(4-2)38(28-21-22-32-31-17-10-11-20-35(31)39-36(32)24-28)34-19-9-8-18-33(34)37(29)27-16-12-15-26(23-27)25-13-6-5-7-14-25/h3-24,33-34H,1-2H2/i1D,2D,3D,4D,8D,9D,12D,15D,16D,18D,19D,23D. The Labute approximate surface area is 246 Å². The molecule has 0 bridgehead atoms. The number of allylic oxidation sites excluding steroid dienone is 10. The van der Waals surface area contributed by atoms with Gasteiger partial charge in [0.05, 0.1) is 16.4 Å². The van der Waals surface area contributed by atoms with Crippen LogP contribution in [0.1, 0.15) is 27.6 Å². The summed E-state index contributed by atoms with van der Waals surface area (Å²) in [5, 5.41) is 1.63. The minimum Gasteiger partial charge on any atom is -0.456 e. The number of fused-ring (bicyclic) bond motifs is 4. The summed E-state index contributed by atoms with van der Waals surface area (Å²) in [7, 11) is 0. The van der Waals surface area contributed by atoms with Crippen LogP contribution in [-0.2, 0) is 0 Å². The van der Waals surface area contributed by atoms with Crippen molar-refractivity contribution < 1.29 is 20.9 Å². The number of furan rings is 1. The minimum atomic E-state index is -1.38. The van der Waals surface area contributed by atoms with Gasteiger partial charge < -0.3 is 4.42 Å². The Balaban J connectivity index is 1.69. The van der Waals surface area contributed by atoms with Gasteiger partial charge in [0.2, 0.25) is 0 Å². The average molecular weight is 513 g/mol. The van der Waals surface area contributed by atoms with Gasteiger partial charge in [-0.3, -0.25) is 0 Å². The van der Waals surface area contributed by atoms with Crippen LogP contribution in [0.5, 0.6) is 0 Å². The zero-order valence-corrected chi connectivity index (χ0v) is 20.6. The normalized spacial score (nSPS) is 25.0. The third-order valence-electron chi connectivity index (χ3n) is 7.20. The summed E-state index contributed by atoms with van der Waals surface area (Å²) in [5.41, 5.74) is 1.39. The summed E-state index contributed by atoms with van der Waals surface area (Å²) in [6.07, 6.45) is 0. The number of rotatable bonds is 5. The van der Waals surface area contributed by atoms with Gasteiger partial charge in [-0.25, -0.2) is 0 Å². The lowest BCUT2D eigenvalue weighted by Gasteiger charge is -2.37. The third kappa shape index (κ3) is 3.78. The Hall–Kier alpha value is -4.88. The summed E-state index contributed by atoms with van der Waals surface area (Å²) in [4.78, 5) is 0. The highest BCUT2D eigenvalue weighted by molar-refractivity contribution is 6.06. The van der Waals surface area contributed by atoms with E-state index in [-0.39, 0.29) is 45.5 Å². The molecule has 0 spiro atoms. The fourth-order valence-electron chi connectivity index (χ4n) is 5.48. The molecule has 2 unspecified atom stereocenters. The first-order valence-corrected chi connectivity index (χ1v) is 12.4. The van der Waals surface area contributed by atoms with E-state index >= 15 is 0 Å². The molecule has 186 valence electrons. The molecule has 0 saturated carbocycles. The van der Waals surface area contributed by atoms with Crippen LogP contribution in [-0.4, -0.2) is 0 Å². The topological polar surface area (TPSA) is 13.1 Å². The van der Waals surface area contributed by atoms with Crippen molar-refractivity contribution in [3.05, 3.63) is 169 Å². The van der Waals surface area contributed by atoms with Crippen molar-refractivity contribution in [2.75, 3.05) is 0 Å². The molecular formula is C38H28O. The summed E-state index contributed by atoms with van der Waals surface area (Å²) in [5.74, 6) is -2.66. The molecular weight excluding hydrogens is 472 g/mol. The van der Waals surface area contributed by atoms with Crippen molar-refractivity contribution in [1.29, 1.82) is 0 Å². The van der Waals surface area contributed by atoms with Gasteiger partial charge in [-0.15, -0.1) is 0 Å². The van der Waals surface area contributed by atoms with Crippen LogP contribution in [0.2, 0.25) is 0 Å². The molecule has 2 atom stereocenters. The van der Waals surface area contributed by atoms with E-state index < -0.39 is 60.2 Å². The second-order valence-corrected chi connectivity index (χ2v) is 9.29. The summed E-state index contributed by atoms with van der Waals surface area (Å²) >= 11 is 0. The molecule has 1 aromatic heterocycles. The predicted molar refractivity (Wildman–Crippen MR) is 165 cm³/mol. The van der Waals surface area contributed by atoms with Gasteiger partial charge in [-0.2, -0.15) is 0 Å². The molecule has 4 aromatic carbocycles. The Morgan fingerprint density at radius 2 is 1.36 bits per heavy atom. The molecule has 2 aliphatic carbocycles. The maximum absolute atomic E-state index is 9.44. The number of benzene rings is 4. The van der Waals surface area contributed by atoms with Gasteiger partial charge in [-0.1, -0.05) is 122 Å². The first kappa shape index (κ1) is 13.8. The largest absolute Gasteiger partial charge is 0.456 e. The molecule has 0 radical (unpaired) electrons. The molecule has 0 aliphatic heterocycles. The molecule has 0 amide bonds. The molecule has 1 heteroatoms. The molecule has 1 heterocycles. The molecule has 5 aromatic rings. The van der Waals surface area contributed by atoms with Gasteiger partial charge in [0, 0.05) is 22.6 Å². The second-order valence-electron chi connectivity index (χ2n) is 9.29. The summed E-state index contributed by atoms with van der Waals surface area (Å²) < 4.78 is 113. The van der Waals surface area contributed by atoms with E-state index in [1.807, 2.05) is 24.3 Å². The first-order chi connectivity index (χ1) is 24.4. The molecule has 0 saturated heterocycles. The molecule has 7 rings (SSSR count). The van der Waals surface area contributed by atoms with Crippen LogP contribution < -0.4 is 0 Å². The summed E-state index contributed by atoms with van der Waals surface area (Å²) in [6, 6.07) is 16.3. The third-order valence-corrected chi connectivity index (χ3v) is 7.20. The van der Waals surface area contributed by atoms with Crippen LogP contribution in [0.15, 0.2) is 162 Å². The highest BCUT2D eigenvalue weighted by Crippen LogP contribution is 2.51. The maximum atomic E-state index is 9.44. The fourth-order valence-corrected chi connectivity index (χ4v) is 5.48. The Morgan fingerprint density at radius 1 is 0.692 bits per heavy atom. The number of para-hydroxylation sites is 1. The van der Waals surface area contributed by atoms with Crippen molar-refractivity contribution in [3.8, 4) is 11.1 Å².